The molecule has 2 fully saturated rings. The third-order valence-electron chi connectivity index (χ3n) is 6.02. The number of rotatable bonds is 3. The van der Waals surface area contributed by atoms with Gasteiger partial charge < -0.3 is 14.4 Å². The Bertz CT molecular complexity index is 675. The first-order valence-electron chi connectivity index (χ1n) is 9.44. The van der Waals surface area contributed by atoms with Crippen LogP contribution < -0.4 is 4.74 Å². The van der Waals surface area contributed by atoms with Crippen LogP contribution in [0.3, 0.4) is 0 Å². The summed E-state index contributed by atoms with van der Waals surface area (Å²) in [7, 11) is 3.60. The third-order valence-corrected chi connectivity index (χ3v) is 6.02. The largest absolute Gasteiger partial charge is 0.496 e. The monoisotopic (exact) mass is 344 g/mol. The van der Waals surface area contributed by atoms with Gasteiger partial charge in [0.25, 0.3) is 0 Å². The van der Waals surface area contributed by atoms with E-state index in [0.717, 1.165) is 51.2 Å². The average Bonchev–Trinajstić information content (AvgIpc) is 3.09. The first-order chi connectivity index (χ1) is 12.1. The van der Waals surface area contributed by atoms with E-state index in [0.29, 0.717) is 0 Å². The van der Waals surface area contributed by atoms with Gasteiger partial charge in [0, 0.05) is 32.1 Å². The van der Waals surface area contributed by atoms with Gasteiger partial charge in [0.1, 0.15) is 11.4 Å². The van der Waals surface area contributed by atoms with Crippen LogP contribution in [0.15, 0.2) is 12.1 Å². The van der Waals surface area contributed by atoms with E-state index in [1.165, 1.54) is 36.0 Å². The third kappa shape index (κ3) is 3.22. The summed E-state index contributed by atoms with van der Waals surface area (Å²) in [5.74, 6) is 1.02. The molecule has 0 saturated carbocycles. The van der Waals surface area contributed by atoms with Gasteiger partial charge in [-0.1, -0.05) is 6.07 Å². The highest BCUT2D eigenvalue weighted by atomic mass is 16.6. The van der Waals surface area contributed by atoms with Crippen molar-refractivity contribution in [3.8, 4) is 5.75 Å². The van der Waals surface area contributed by atoms with Crippen LogP contribution in [0, 0.1) is 0 Å². The summed E-state index contributed by atoms with van der Waals surface area (Å²) < 4.78 is 11.4. The maximum atomic E-state index is 11.8. The minimum Gasteiger partial charge on any atom is -0.496 e. The maximum Gasteiger partial charge on any atom is 0.410 e. The van der Waals surface area contributed by atoms with Gasteiger partial charge in [-0.15, -0.1) is 0 Å². The molecule has 0 aromatic heterocycles. The maximum absolute atomic E-state index is 11.8. The second-order valence-electron chi connectivity index (χ2n) is 7.82. The van der Waals surface area contributed by atoms with Crippen LogP contribution in [0.25, 0.3) is 0 Å². The fraction of sp³-hybridized carbons (Fsp3) is 0.650. The summed E-state index contributed by atoms with van der Waals surface area (Å²) in [5, 5.41) is 0. The van der Waals surface area contributed by atoms with Crippen molar-refractivity contribution in [3.63, 3.8) is 0 Å². The van der Waals surface area contributed by atoms with Crippen LogP contribution in [0.1, 0.15) is 42.4 Å². The number of likely N-dealkylation sites (tertiary alicyclic amines) is 1. The first-order valence-corrected chi connectivity index (χ1v) is 9.44. The number of methoxy groups -OCH3 is 1. The Morgan fingerprint density at radius 3 is 2.68 bits per heavy atom. The lowest BCUT2D eigenvalue weighted by atomic mass is 9.95. The van der Waals surface area contributed by atoms with Crippen molar-refractivity contribution >= 4 is 6.09 Å². The van der Waals surface area contributed by atoms with Crippen molar-refractivity contribution in [1.29, 1.82) is 0 Å². The van der Waals surface area contributed by atoms with Crippen LogP contribution >= 0.6 is 0 Å². The van der Waals surface area contributed by atoms with Crippen molar-refractivity contribution in [2.75, 3.05) is 33.8 Å². The summed E-state index contributed by atoms with van der Waals surface area (Å²) in [4.78, 5) is 16.0. The van der Waals surface area contributed by atoms with E-state index in [9.17, 15) is 4.79 Å². The predicted octanol–water partition coefficient (Wildman–Crippen LogP) is 2.99. The van der Waals surface area contributed by atoms with E-state index < -0.39 is 0 Å². The molecular formula is C20H28N2O3. The Balaban J connectivity index is 1.46. The van der Waals surface area contributed by atoms with E-state index in [1.54, 1.807) is 12.0 Å². The molecule has 1 spiro atoms. The van der Waals surface area contributed by atoms with Crippen molar-refractivity contribution in [3.05, 3.63) is 28.8 Å². The Morgan fingerprint density at radius 2 is 1.96 bits per heavy atom. The number of nitrogens with zero attached hydrogens (tertiary/aromatic N) is 2. The lowest BCUT2D eigenvalue weighted by Crippen LogP contribution is -2.35. The molecule has 5 heteroatoms. The number of aryl methyl sites for hydroxylation is 2. The van der Waals surface area contributed by atoms with Gasteiger partial charge in [-0.05, 0) is 55.8 Å². The standard InChI is InChI=1S/C20H28N2O3/c1-21-14-20(25-19(21)23)7-4-9-22(10-8-20)13-17-11-15-5-3-6-16(15)12-18(17)24-2/h11-12H,3-10,13-14H2,1-2H3. The molecule has 136 valence electrons. The van der Waals surface area contributed by atoms with Crippen LogP contribution in [0.2, 0.25) is 0 Å². The van der Waals surface area contributed by atoms with Gasteiger partial charge in [0.2, 0.25) is 0 Å². The molecule has 0 N–H and O–H groups in total. The van der Waals surface area contributed by atoms with Crippen LogP contribution in [0.4, 0.5) is 4.79 Å². The number of hydrogen-bond donors (Lipinski definition) is 0. The molecule has 2 aliphatic heterocycles. The molecule has 5 nitrogen and oxygen atoms in total. The molecule has 0 bridgehead atoms. The number of amides is 1. The topological polar surface area (TPSA) is 42.0 Å². The van der Waals surface area contributed by atoms with Gasteiger partial charge in [0.05, 0.1) is 13.7 Å². The minimum absolute atomic E-state index is 0.172. The number of carbonyl (C=O) groups is 1. The van der Waals surface area contributed by atoms with E-state index in [4.69, 9.17) is 9.47 Å². The number of ether oxygens (including phenoxy) is 2. The van der Waals surface area contributed by atoms with Crippen molar-refractivity contribution in [1.82, 2.24) is 9.80 Å². The predicted molar refractivity (Wildman–Crippen MR) is 96.0 cm³/mol. The van der Waals surface area contributed by atoms with Crippen molar-refractivity contribution in [2.24, 2.45) is 0 Å². The van der Waals surface area contributed by atoms with Gasteiger partial charge >= 0.3 is 6.09 Å². The molecule has 1 aromatic carbocycles. The number of carbonyl (C=O) groups excluding carboxylic acids is 1. The van der Waals surface area contributed by atoms with Gasteiger partial charge in [-0.2, -0.15) is 0 Å². The smallest absolute Gasteiger partial charge is 0.410 e. The van der Waals surface area contributed by atoms with Gasteiger partial charge in [-0.3, -0.25) is 4.90 Å². The molecular weight excluding hydrogens is 316 g/mol. The quantitative estimate of drug-likeness (QED) is 0.845. The molecule has 25 heavy (non-hydrogen) atoms. The lowest BCUT2D eigenvalue weighted by molar-refractivity contribution is 0.0443. The molecule has 2 heterocycles. The second-order valence-corrected chi connectivity index (χ2v) is 7.82. The number of hydrogen-bond acceptors (Lipinski definition) is 4. The summed E-state index contributed by atoms with van der Waals surface area (Å²) >= 11 is 0. The lowest BCUT2D eigenvalue weighted by Gasteiger charge is -2.25. The van der Waals surface area contributed by atoms with E-state index in [1.807, 2.05) is 7.05 Å². The van der Waals surface area contributed by atoms with E-state index >= 15 is 0 Å². The number of fused-ring (bicyclic) bond motifs is 1. The Kier molecular flexibility index (Phi) is 4.36. The van der Waals surface area contributed by atoms with Gasteiger partial charge in [0.15, 0.2) is 0 Å². The zero-order chi connectivity index (χ0) is 17.4. The minimum atomic E-state index is -0.275. The average molecular weight is 344 g/mol. The molecule has 4 rings (SSSR count). The molecule has 1 atom stereocenters. The Morgan fingerprint density at radius 1 is 1.16 bits per heavy atom. The second kappa shape index (κ2) is 6.52. The van der Waals surface area contributed by atoms with Crippen LogP contribution in [-0.2, 0) is 24.1 Å². The molecule has 1 amide bonds. The molecule has 2 saturated heterocycles. The molecule has 3 aliphatic rings. The Labute approximate surface area is 149 Å². The van der Waals surface area contributed by atoms with Crippen molar-refractivity contribution < 1.29 is 14.3 Å². The first kappa shape index (κ1) is 16.7. The van der Waals surface area contributed by atoms with Gasteiger partial charge in [-0.25, -0.2) is 4.79 Å². The summed E-state index contributed by atoms with van der Waals surface area (Å²) in [6, 6.07) is 4.59. The highest BCUT2D eigenvalue weighted by molar-refractivity contribution is 5.70. The normalized spacial score (nSPS) is 26.6. The SMILES string of the molecule is COc1cc2c(cc1CN1CCCC3(CC1)CN(C)C(=O)O3)CCC2. The van der Waals surface area contributed by atoms with Crippen molar-refractivity contribution in [2.45, 2.75) is 50.7 Å². The van der Waals surface area contributed by atoms with E-state index in [2.05, 4.69) is 17.0 Å². The zero-order valence-corrected chi connectivity index (χ0v) is 15.3. The summed E-state index contributed by atoms with van der Waals surface area (Å²) in [5.41, 5.74) is 3.96. The Hall–Kier alpha value is -1.75. The fourth-order valence-corrected chi connectivity index (χ4v) is 4.64. The molecule has 1 aliphatic carbocycles. The molecule has 1 unspecified atom stereocenters. The fourth-order valence-electron chi connectivity index (χ4n) is 4.64. The highest BCUT2D eigenvalue weighted by Gasteiger charge is 2.44. The van der Waals surface area contributed by atoms with E-state index in [-0.39, 0.29) is 11.7 Å². The zero-order valence-electron chi connectivity index (χ0n) is 15.3. The number of likely N-dealkylation sites (N-methyl/N-ethyl adjacent to an activating group) is 1. The summed E-state index contributed by atoms with van der Waals surface area (Å²) in [6.45, 7) is 3.64. The molecule has 1 aromatic rings. The van der Waals surface area contributed by atoms with Crippen LogP contribution in [0.5, 0.6) is 5.75 Å². The summed E-state index contributed by atoms with van der Waals surface area (Å²) in [6.07, 6.45) is 6.39. The molecule has 0 radical (unpaired) electrons. The number of benzene rings is 1. The van der Waals surface area contributed by atoms with Crippen LogP contribution in [-0.4, -0.2) is 55.3 Å². The highest BCUT2D eigenvalue weighted by Crippen LogP contribution is 2.34.